The molecular weight excluding hydrogens is 478 g/mol. The third-order valence-electron chi connectivity index (χ3n) is 6.89. The van der Waals surface area contributed by atoms with Crippen molar-refractivity contribution in [2.24, 2.45) is 11.8 Å². The molecule has 1 heterocycles. The highest BCUT2D eigenvalue weighted by atomic mass is 32.2. The molecule has 1 aromatic rings. The number of likely N-dealkylation sites (N-methyl/N-ethyl adjacent to an activating group) is 1. The largest absolute Gasteiger partial charge is 0.487 e. The van der Waals surface area contributed by atoms with Crippen molar-refractivity contribution in [1.82, 2.24) is 14.5 Å². The number of aliphatic hydroxyl groups is 1. The Morgan fingerprint density at radius 1 is 1.28 bits per heavy atom. The van der Waals surface area contributed by atoms with Gasteiger partial charge in [0.05, 0.1) is 13.2 Å². The molecule has 1 aromatic carbocycles. The number of benzene rings is 1. The summed E-state index contributed by atoms with van der Waals surface area (Å²) in [5.41, 5.74) is 0.672. The van der Waals surface area contributed by atoms with Crippen molar-refractivity contribution in [1.29, 1.82) is 0 Å². The van der Waals surface area contributed by atoms with Crippen LogP contribution in [0.2, 0.25) is 0 Å². The summed E-state index contributed by atoms with van der Waals surface area (Å²) in [5, 5.41) is 12.9. The van der Waals surface area contributed by atoms with Crippen LogP contribution >= 0.6 is 0 Å². The van der Waals surface area contributed by atoms with Gasteiger partial charge in [0, 0.05) is 43.6 Å². The summed E-state index contributed by atoms with van der Waals surface area (Å²) < 4.78 is 34.9. The quantitative estimate of drug-likeness (QED) is 0.561. The Balaban J connectivity index is 1.93. The van der Waals surface area contributed by atoms with E-state index in [4.69, 9.17) is 4.74 Å². The molecule has 2 amide bonds. The summed E-state index contributed by atoms with van der Waals surface area (Å²) >= 11 is 0. The van der Waals surface area contributed by atoms with Crippen LogP contribution in [0.3, 0.4) is 0 Å². The standard InChI is InChI=1S/C27H41N3O5S/c1-19(2)9-8-10-22-13-14-26-24(15-22)35-25(17-29(5)27(32)28-23-11-6-7-12-23)20(3)16-30(21(4)18-31)36(26,33)34/h13-15,19-21,23,25,31H,6-7,9,11-12,16-18H2,1-5H3,(H,28,32)/t20-,21-,25-/m0/s1. The number of nitrogens with one attached hydrogen (secondary N) is 1. The average molecular weight is 520 g/mol. The smallest absolute Gasteiger partial charge is 0.317 e. The lowest BCUT2D eigenvalue weighted by Gasteiger charge is -2.37. The van der Waals surface area contributed by atoms with Gasteiger partial charge in [-0.05, 0) is 43.9 Å². The molecule has 1 aliphatic carbocycles. The van der Waals surface area contributed by atoms with Crippen LogP contribution in [-0.2, 0) is 10.0 Å². The molecule has 0 bridgehead atoms. The first kappa shape index (κ1) is 28.3. The number of hydrogen-bond donors (Lipinski definition) is 2. The SMILES string of the molecule is CC(C)CC#Cc1ccc2c(c1)O[C@@H](CN(C)C(=O)NC1CCCC1)[C@@H](C)CN([C@@H](C)CO)S2(=O)=O. The van der Waals surface area contributed by atoms with E-state index >= 15 is 0 Å². The highest BCUT2D eigenvalue weighted by Crippen LogP contribution is 2.34. The minimum absolute atomic E-state index is 0.0483. The maximum absolute atomic E-state index is 13.6. The lowest BCUT2D eigenvalue weighted by molar-refractivity contribution is 0.0808. The zero-order valence-electron chi connectivity index (χ0n) is 22.2. The molecule has 36 heavy (non-hydrogen) atoms. The molecule has 0 saturated heterocycles. The number of fused-ring (bicyclic) bond motifs is 1. The van der Waals surface area contributed by atoms with E-state index in [1.165, 1.54) is 10.4 Å². The molecule has 2 aliphatic rings. The van der Waals surface area contributed by atoms with Crippen LogP contribution in [-0.4, -0.2) is 73.7 Å². The summed E-state index contributed by atoms with van der Waals surface area (Å²) in [6.07, 6.45) is 4.53. The number of hydrogen-bond acceptors (Lipinski definition) is 5. The number of nitrogens with zero attached hydrogens (tertiary/aromatic N) is 2. The van der Waals surface area contributed by atoms with Crippen molar-refractivity contribution in [3.63, 3.8) is 0 Å². The maximum Gasteiger partial charge on any atom is 0.317 e. The molecule has 1 saturated carbocycles. The minimum atomic E-state index is -3.91. The van der Waals surface area contributed by atoms with Gasteiger partial charge in [-0.1, -0.05) is 45.5 Å². The van der Waals surface area contributed by atoms with E-state index in [1.54, 1.807) is 31.0 Å². The number of sulfonamides is 1. The van der Waals surface area contributed by atoms with Gasteiger partial charge in [-0.2, -0.15) is 4.31 Å². The average Bonchev–Trinajstić information content (AvgIpc) is 3.33. The second kappa shape index (κ2) is 12.3. The van der Waals surface area contributed by atoms with Crippen LogP contribution in [0.1, 0.15) is 65.4 Å². The molecule has 3 rings (SSSR count). The van der Waals surface area contributed by atoms with Gasteiger partial charge in [-0.3, -0.25) is 0 Å². The Morgan fingerprint density at radius 2 is 1.97 bits per heavy atom. The number of amides is 2. The van der Waals surface area contributed by atoms with Crippen LogP contribution in [0.25, 0.3) is 0 Å². The first-order chi connectivity index (χ1) is 17.0. The summed E-state index contributed by atoms with van der Waals surface area (Å²) in [5.74, 6) is 6.66. The van der Waals surface area contributed by atoms with Crippen LogP contribution in [0, 0.1) is 23.7 Å². The lowest BCUT2D eigenvalue weighted by Crippen LogP contribution is -2.51. The van der Waals surface area contributed by atoms with Gasteiger partial charge >= 0.3 is 6.03 Å². The molecule has 0 spiro atoms. The van der Waals surface area contributed by atoms with Crippen molar-refractivity contribution in [3.05, 3.63) is 23.8 Å². The molecule has 2 N–H and O–H groups in total. The number of rotatable bonds is 6. The summed E-state index contributed by atoms with van der Waals surface area (Å²) in [6, 6.07) is 4.35. The van der Waals surface area contributed by atoms with Crippen molar-refractivity contribution in [2.75, 3.05) is 26.7 Å². The monoisotopic (exact) mass is 519 g/mol. The molecule has 3 atom stereocenters. The summed E-state index contributed by atoms with van der Waals surface area (Å²) in [4.78, 5) is 14.5. The molecule has 1 aliphatic heterocycles. The van der Waals surface area contributed by atoms with E-state index < -0.39 is 22.2 Å². The molecule has 1 fully saturated rings. The Hall–Kier alpha value is -2.28. The molecule has 200 valence electrons. The second-order valence-corrected chi connectivity index (χ2v) is 12.5. The third-order valence-corrected chi connectivity index (χ3v) is 8.91. The number of ether oxygens (including phenoxy) is 1. The van der Waals surface area contributed by atoms with Gasteiger partial charge in [0.25, 0.3) is 0 Å². The maximum atomic E-state index is 13.6. The van der Waals surface area contributed by atoms with Crippen LogP contribution in [0.4, 0.5) is 4.79 Å². The van der Waals surface area contributed by atoms with Gasteiger partial charge in [0.2, 0.25) is 10.0 Å². The van der Waals surface area contributed by atoms with Crippen molar-refractivity contribution >= 4 is 16.1 Å². The van der Waals surface area contributed by atoms with Crippen molar-refractivity contribution in [2.45, 2.75) is 82.9 Å². The second-order valence-electron chi connectivity index (χ2n) is 10.6. The fraction of sp³-hybridized carbons (Fsp3) is 0.667. The van der Waals surface area contributed by atoms with Gasteiger partial charge in [0.15, 0.2) is 0 Å². The predicted octanol–water partition coefficient (Wildman–Crippen LogP) is 3.44. The Bertz CT molecular complexity index is 1070. The molecule has 0 aromatic heterocycles. The van der Waals surface area contributed by atoms with E-state index in [1.807, 2.05) is 6.92 Å². The Labute approximate surface area is 216 Å². The number of carbonyl (C=O) groups is 1. The van der Waals surface area contributed by atoms with E-state index in [0.29, 0.717) is 18.0 Å². The normalized spacial score (nSPS) is 23.0. The van der Waals surface area contributed by atoms with Gasteiger partial charge in [-0.25, -0.2) is 13.2 Å². The molecule has 9 heteroatoms. The highest BCUT2D eigenvalue weighted by Gasteiger charge is 2.38. The molecule has 0 unspecified atom stereocenters. The Morgan fingerprint density at radius 3 is 2.61 bits per heavy atom. The summed E-state index contributed by atoms with van der Waals surface area (Å²) in [7, 11) is -2.18. The Kier molecular flexibility index (Phi) is 9.67. The zero-order valence-corrected chi connectivity index (χ0v) is 23.0. The number of carbonyl (C=O) groups excluding carboxylic acids is 1. The van der Waals surface area contributed by atoms with E-state index in [0.717, 1.165) is 32.1 Å². The van der Waals surface area contributed by atoms with Crippen LogP contribution in [0.15, 0.2) is 23.1 Å². The van der Waals surface area contributed by atoms with E-state index in [2.05, 4.69) is 31.0 Å². The van der Waals surface area contributed by atoms with Gasteiger partial charge in [0.1, 0.15) is 16.7 Å². The summed E-state index contributed by atoms with van der Waals surface area (Å²) in [6.45, 7) is 7.95. The first-order valence-electron chi connectivity index (χ1n) is 13.0. The molecular formula is C27H41N3O5S. The molecule has 8 nitrogen and oxygen atoms in total. The van der Waals surface area contributed by atoms with Crippen molar-refractivity contribution < 1.29 is 23.1 Å². The molecule has 0 radical (unpaired) electrons. The zero-order chi connectivity index (χ0) is 26.5. The number of aliphatic hydroxyl groups excluding tert-OH is 1. The lowest BCUT2D eigenvalue weighted by atomic mass is 10.0. The van der Waals surface area contributed by atoms with Crippen molar-refractivity contribution in [3.8, 4) is 17.6 Å². The first-order valence-corrected chi connectivity index (χ1v) is 14.4. The third kappa shape index (κ3) is 6.93. The van der Waals surface area contributed by atoms with E-state index in [-0.39, 0.29) is 41.8 Å². The topological polar surface area (TPSA) is 99.2 Å². The highest BCUT2D eigenvalue weighted by molar-refractivity contribution is 7.89. The fourth-order valence-electron chi connectivity index (χ4n) is 4.59. The van der Waals surface area contributed by atoms with Gasteiger partial charge in [-0.15, -0.1) is 0 Å². The van der Waals surface area contributed by atoms with Gasteiger partial charge < -0.3 is 20.1 Å². The van der Waals surface area contributed by atoms with Crippen LogP contribution in [0.5, 0.6) is 5.75 Å². The minimum Gasteiger partial charge on any atom is -0.487 e. The van der Waals surface area contributed by atoms with Crippen LogP contribution < -0.4 is 10.1 Å². The number of urea groups is 1. The van der Waals surface area contributed by atoms with E-state index in [9.17, 15) is 18.3 Å². The predicted molar refractivity (Wildman–Crippen MR) is 140 cm³/mol. The fourth-order valence-corrected chi connectivity index (χ4v) is 6.41.